The molecule has 0 aliphatic rings. The SMILES string of the molecule is CCCC[N+](CCCC)(CCCC)CCCC.CCCC[N+](CCCC)(CCCC)Cc1ccccc1.[Br-].[I-]. The van der Waals surface area contributed by atoms with Crippen molar-refractivity contribution < 1.29 is 49.9 Å². The van der Waals surface area contributed by atoms with Crippen LogP contribution in [0.15, 0.2) is 30.3 Å². The Kier molecular flexibility index (Phi) is 33.5. The van der Waals surface area contributed by atoms with Crippen LogP contribution in [0.3, 0.4) is 0 Å². The minimum absolute atomic E-state index is 0. The normalized spacial score (nSPS) is 11.3. The van der Waals surface area contributed by atoms with Crippen molar-refractivity contribution in [2.45, 2.75) is 145 Å². The lowest BCUT2D eigenvalue weighted by Gasteiger charge is -2.39. The summed E-state index contributed by atoms with van der Waals surface area (Å²) in [5.41, 5.74) is 1.51. The minimum atomic E-state index is 0. The third-order valence-electron chi connectivity index (χ3n) is 8.26. The maximum absolute atomic E-state index is 2.33. The quantitative estimate of drug-likeness (QED) is 0.116. The predicted molar refractivity (Wildman–Crippen MR) is 169 cm³/mol. The lowest BCUT2D eigenvalue weighted by atomic mass is 10.1. The highest BCUT2D eigenvalue weighted by atomic mass is 127. The van der Waals surface area contributed by atoms with Crippen molar-refractivity contribution in [1.82, 2.24) is 0 Å². The van der Waals surface area contributed by atoms with E-state index in [2.05, 4.69) is 78.8 Å². The van der Waals surface area contributed by atoms with Crippen LogP contribution in [0, 0.1) is 0 Å². The van der Waals surface area contributed by atoms with Gasteiger partial charge in [0.15, 0.2) is 0 Å². The summed E-state index contributed by atoms with van der Waals surface area (Å²) in [5, 5.41) is 0. The van der Waals surface area contributed by atoms with Gasteiger partial charge in [0.1, 0.15) is 6.54 Å². The van der Waals surface area contributed by atoms with E-state index < -0.39 is 0 Å². The fourth-order valence-electron chi connectivity index (χ4n) is 5.67. The lowest BCUT2D eigenvalue weighted by Crippen LogP contribution is -3.00. The number of quaternary nitrogens is 2. The van der Waals surface area contributed by atoms with Gasteiger partial charge in [-0.1, -0.05) is 124 Å². The topological polar surface area (TPSA) is 0 Å². The molecular formula is C35H70BrIN2. The van der Waals surface area contributed by atoms with Crippen LogP contribution in [-0.2, 0) is 6.54 Å². The first-order valence-electron chi connectivity index (χ1n) is 16.7. The van der Waals surface area contributed by atoms with Gasteiger partial charge in [-0.15, -0.1) is 0 Å². The molecule has 1 rings (SSSR count). The first-order valence-corrected chi connectivity index (χ1v) is 16.7. The molecule has 0 aliphatic heterocycles. The van der Waals surface area contributed by atoms with Crippen LogP contribution in [-0.4, -0.2) is 54.8 Å². The first-order chi connectivity index (χ1) is 18.0. The van der Waals surface area contributed by atoms with Crippen LogP contribution in [0.4, 0.5) is 0 Å². The molecule has 4 heteroatoms. The van der Waals surface area contributed by atoms with E-state index in [4.69, 9.17) is 0 Å². The third kappa shape index (κ3) is 21.7. The van der Waals surface area contributed by atoms with Crippen molar-refractivity contribution in [3.63, 3.8) is 0 Å². The molecule has 0 radical (unpaired) electrons. The van der Waals surface area contributed by atoms with E-state index in [9.17, 15) is 0 Å². The maximum Gasteiger partial charge on any atom is 0.104 e. The Balaban J connectivity index is -0.000000641. The number of unbranched alkanes of at least 4 members (excludes halogenated alkanes) is 7. The second-order valence-electron chi connectivity index (χ2n) is 11.9. The number of hydrogen-bond donors (Lipinski definition) is 0. The van der Waals surface area contributed by atoms with E-state index >= 15 is 0 Å². The van der Waals surface area contributed by atoms with Crippen molar-refractivity contribution in [2.75, 3.05) is 45.8 Å². The van der Waals surface area contributed by atoms with Gasteiger partial charge in [-0.25, -0.2) is 0 Å². The Morgan fingerprint density at radius 3 is 0.923 bits per heavy atom. The molecule has 2 nitrogen and oxygen atoms in total. The molecule has 0 saturated carbocycles. The monoisotopic (exact) mass is 724 g/mol. The zero-order valence-electron chi connectivity index (χ0n) is 27.6. The molecule has 0 aliphatic carbocycles. The van der Waals surface area contributed by atoms with E-state index in [-0.39, 0.29) is 41.0 Å². The van der Waals surface area contributed by atoms with Crippen LogP contribution in [0.5, 0.6) is 0 Å². The summed E-state index contributed by atoms with van der Waals surface area (Å²) in [6.07, 6.45) is 19.1. The van der Waals surface area contributed by atoms with Crippen molar-refractivity contribution in [2.24, 2.45) is 0 Å². The molecule has 0 amide bonds. The van der Waals surface area contributed by atoms with Crippen molar-refractivity contribution >= 4 is 0 Å². The summed E-state index contributed by atoms with van der Waals surface area (Å²) in [6, 6.07) is 11.1. The zero-order chi connectivity index (χ0) is 27.7. The lowest BCUT2D eigenvalue weighted by molar-refractivity contribution is -0.941. The fraction of sp³-hybridized carbons (Fsp3) is 0.829. The molecule has 1 aromatic rings. The molecule has 1 aromatic carbocycles. The Hall–Kier alpha value is 0.350. The highest BCUT2D eigenvalue weighted by molar-refractivity contribution is 5.13. The van der Waals surface area contributed by atoms with E-state index in [0.29, 0.717) is 0 Å². The summed E-state index contributed by atoms with van der Waals surface area (Å²) in [4.78, 5) is 0. The van der Waals surface area contributed by atoms with Crippen LogP contribution >= 0.6 is 0 Å². The highest BCUT2D eigenvalue weighted by Gasteiger charge is 2.26. The molecule has 0 atom stereocenters. The van der Waals surface area contributed by atoms with Gasteiger partial charge in [-0.3, -0.25) is 0 Å². The molecule has 0 heterocycles. The van der Waals surface area contributed by atoms with Crippen LogP contribution in [0.25, 0.3) is 0 Å². The Morgan fingerprint density at radius 1 is 0.410 bits per heavy atom. The number of nitrogens with zero attached hydrogens (tertiary/aromatic N) is 2. The molecule has 0 bridgehead atoms. The van der Waals surface area contributed by atoms with Crippen molar-refractivity contribution in [3.8, 4) is 0 Å². The standard InChI is InChI=1S/C19H34N.C16H36N.BrH.HI/c1-4-7-15-20(16-8-5-2,17-9-6-3)18-19-13-11-10-12-14-19;1-5-9-13-17(14-10-6-2,15-11-7-3)16-12-8-4;;/h10-14H,4-9,15-18H2,1-3H3;5-16H2,1-4H3;2*1H/q2*+1;;/p-2. The summed E-state index contributed by atoms with van der Waals surface area (Å²) in [5.74, 6) is 0. The van der Waals surface area contributed by atoms with Crippen LogP contribution < -0.4 is 41.0 Å². The maximum atomic E-state index is 2.33. The molecule has 0 unspecified atom stereocenters. The molecule has 0 N–H and O–H groups in total. The van der Waals surface area contributed by atoms with Gasteiger partial charge >= 0.3 is 0 Å². The van der Waals surface area contributed by atoms with Gasteiger partial charge in [0, 0.05) is 5.56 Å². The second kappa shape index (κ2) is 29.8. The van der Waals surface area contributed by atoms with Gasteiger partial charge in [0.2, 0.25) is 0 Å². The minimum Gasteiger partial charge on any atom is -1.00 e. The second-order valence-corrected chi connectivity index (χ2v) is 11.9. The molecule has 0 aromatic heterocycles. The van der Waals surface area contributed by atoms with Gasteiger partial charge in [0.25, 0.3) is 0 Å². The molecule has 0 fully saturated rings. The average Bonchev–Trinajstić information content (AvgIpc) is 2.94. The molecular weight excluding hydrogens is 655 g/mol. The zero-order valence-corrected chi connectivity index (χ0v) is 31.3. The Bertz CT molecular complexity index is 536. The average molecular weight is 726 g/mol. The number of halogens is 2. The van der Waals surface area contributed by atoms with E-state index in [1.807, 2.05) is 0 Å². The molecule has 39 heavy (non-hydrogen) atoms. The smallest absolute Gasteiger partial charge is 0.104 e. The van der Waals surface area contributed by atoms with E-state index in [1.54, 1.807) is 0 Å². The third-order valence-corrected chi connectivity index (χ3v) is 8.26. The van der Waals surface area contributed by atoms with Crippen molar-refractivity contribution in [3.05, 3.63) is 35.9 Å². The molecule has 0 spiro atoms. The number of rotatable bonds is 23. The van der Waals surface area contributed by atoms with Crippen LogP contribution in [0.2, 0.25) is 0 Å². The van der Waals surface area contributed by atoms with Gasteiger partial charge < -0.3 is 49.9 Å². The summed E-state index contributed by atoms with van der Waals surface area (Å²) in [7, 11) is 0. The summed E-state index contributed by atoms with van der Waals surface area (Å²) < 4.78 is 2.73. The van der Waals surface area contributed by atoms with Crippen LogP contribution in [0.1, 0.15) is 144 Å². The Labute approximate surface area is 275 Å². The van der Waals surface area contributed by atoms with E-state index in [1.165, 1.54) is 157 Å². The molecule has 0 saturated heterocycles. The fourth-order valence-corrected chi connectivity index (χ4v) is 5.67. The van der Waals surface area contributed by atoms with Gasteiger partial charge in [-0.2, -0.15) is 0 Å². The van der Waals surface area contributed by atoms with Crippen molar-refractivity contribution in [1.29, 1.82) is 0 Å². The van der Waals surface area contributed by atoms with Gasteiger partial charge in [0.05, 0.1) is 45.8 Å². The molecule has 234 valence electrons. The van der Waals surface area contributed by atoms with Gasteiger partial charge in [-0.05, 0) is 44.9 Å². The largest absolute Gasteiger partial charge is 1.00 e. The first kappa shape index (κ1) is 43.8. The predicted octanol–water partition coefficient (Wildman–Crippen LogP) is 4.42. The number of hydrogen-bond acceptors (Lipinski definition) is 0. The summed E-state index contributed by atoms with van der Waals surface area (Å²) in [6.45, 7) is 27.2. The number of benzene rings is 1. The van der Waals surface area contributed by atoms with E-state index in [0.717, 1.165) is 0 Å². The highest BCUT2D eigenvalue weighted by Crippen LogP contribution is 2.20. The summed E-state index contributed by atoms with van der Waals surface area (Å²) >= 11 is 0. The Morgan fingerprint density at radius 2 is 0.667 bits per heavy atom.